The van der Waals surface area contributed by atoms with Gasteiger partial charge in [-0.1, -0.05) is 23.7 Å². The predicted octanol–water partition coefficient (Wildman–Crippen LogP) is 3.21. The van der Waals surface area contributed by atoms with Crippen molar-refractivity contribution >= 4 is 34.8 Å². The van der Waals surface area contributed by atoms with Gasteiger partial charge in [-0.05, 0) is 37.3 Å². The fourth-order valence-corrected chi connectivity index (χ4v) is 2.31. The van der Waals surface area contributed by atoms with Crippen LogP contribution in [0, 0.1) is 5.82 Å². The van der Waals surface area contributed by atoms with E-state index in [1.54, 1.807) is 24.3 Å². The summed E-state index contributed by atoms with van der Waals surface area (Å²) in [5.74, 6) is -1.76. The molecule has 2 amide bonds. The monoisotopic (exact) mass is 334 g/mol. The second kappa shape index (κ2) is 5.55. The number of hydrogen-bond donors (Lipinski definition) is 2. The summed E-state index contributed by atoms with van der Waals surface area (Å²) in [6.07, 6.45) is 0. The lowest BCUT2D eigenvalue weighted by Gasteiger charge is -2.33. The molecule has 2 N–H and O–H groups in total. The minimum absolute atomic E-state index is 0.0871. The molecule has 0 radical (unpaired) electrons. The molecular formula is C16H12ClFN2O3. The third-order valence-electron chi connectivity index (χ3n) is 3.50. The van der Waals surface area contributed by atoms with Gasteiger partial charge in [-0.15, -0.1) is 0 Å². The van der Waals surface area contributed by atoms with Crippen molar-refractivity contribution in [1.29, 1.82) is 0 Å². The van der Waals surface area contributed by atoms with E-state index in [2.05, 4.69) is 10.6 Å². The van der Waals surface area contributed by atoms with Gasteiger partial charge in [0.15, 0.2) is 0 Å². The number of amides is 2. The van der Waals surface area contributed by atoms with E-state index in [9.17, 15) is 14.0 Å². The Morgan fingerprint density at radius 3 is 2.78 bits per heavy atom. The number of rotatable bonds is 2. The second-order valence-corrected chi connectivity index (χ2v) is 5.60. The molecule has 2 aromatic carbocycles. The highest BCUT2D eigenvalue weighted by atomic mass is 35.5. The van der Waals surface area contributed by atoms with Gasteiger partial charge in [0.2, 0.25) is 0 Å². The van der Waals surface area contributed by atoms with Crippen LogP contribution >= 0.6 is 11.6 Å². The summed E-state index contributed by atoms with van der Waals surface area (Å²) >= 11 is 5.67. The number of fused-ring (bicyclic) bond motifs is 1. The number of para-hydroxylation sites is 2. The van der Waals surface area contributed by atoms with Gasteiger partial charge in [-0.3, -0.25) is 9.59 Å². The van der Waals surface area contributed by atoms with Crippen molar-refractivity contribution in [3.05, 3.63) is 53.3 Å². The Balaban J connectivity index is 1.88. The van der Waals surface area contributed by atoms with Crippen LogP contribution in [0.15, 0.2) is 42.5 Å². The van der Waals surface area contributed by atoms with E-state index >= 15 is 0 Å². The van der Waals surface area contributed by atoms with Crippen molar-refractivity contribution in [1.82, 2.24) is 0 Å². The number of nitrogens with one attached hydrogen (secondary N) is 2. The van der Waals surface area contributed by atoms with Gasteiger partial charge in [0.1, 0.15) is 11.6 Å². The van der Waals surface area contributed by atoms with Crippen molar-refractivity contribution in [2.75, 3.05) is 10.6 Å². The van der Waals surface area contributed by atoms with Gasteiger partial charge >= 0.3 is 0 Å². The second-order valence-electron chi connectivity index (χ2n) is 5.16. The first-order valence-corrected chi connectivity index (χ1v) is 7.14. The smallest absolute Gasteiger partial charge is 0.278 e. The third-order valence-corrected chi connectivity index (χ3v) is 3.73. The number of ether oxygens (including phenoxy) is 1. The van der Waals surface area contributed by atoms with Crippen LogP contribution < -0.4 is 15.4 Å². The van der Waals surface area contributed by atoms with Gasteiger partial charge in [-0.2, -0.15) is 0 Å². The molecule has 118 valence electrons. The molecule has 1 aliphatic heterocycles. The van der Waals surface area contributed by atoms with Gasteiger partial charge in [-0.25, -0.2) is 4.39 Å². The summed E-state index contributed by atoms with van der Waals surface area (Å²) in [4.78, 5) is 24.7. The lowest BCUT2D eigenvalue weighted by Crippen LogP contribution is -2.56. The van der Waals surface area contributed by atoms with Crippen LogP contribution in [0.3, 0.4) is 0 Å². The average molecular weight is 335 g/mol. The predicted molar refractivity (Wildman–Crippen MR) is 84.1 cm³/mol. The highest BCUT2D eigenvalue weighted by Gasteiger charge is 2.47. The number of halogens is 2. The van der Waals surface area contributed by atoms with Crippen LogP contribution in [0.1, 0.15) is 6.92 Å². The molecule has 0 bridgehead atoms. The summed E-state index contributed by atoms with van der Waals surface area (Å²) in [5.41, 5.74) is -1.43. The number of carbonyl (C=O) groups excluding carboxylic acids is 2. The zero-order valence-corrected chi connectivity index (χ0v) is 12.8. The van der Waals surface area contributed by atoms with Gasteiger partial charge < -0.3 is 15.4 Å². The Bertz CT molecular complexity index is 812. The van der Waals surface area contributed by atoms with E-state index in [1.165, 1.54) is 19.1 Å². The highest BCUT2D eigenvalue weighted by Crippen LogP contribution is 2.34. The maximum absolute atomic E-state index is 13.8. The van der Waals surface area contributed by atoms with Crippen LogP contribution in [-0.2, 0) is 9.59 Å². The van der Waals surface area contributed by atoms with Crippen molar-refractivity contribution in [2.24, 2.45) is 0 Å². The van der Waals surface area contributed by atoms with Crippen LogP contribution in [0.5, 0.6) is 5.75 Å². The Morgan fingerprint density at radius 2 is 2.04 bits per heavy atom. The first kappa shape index (κ1) is 15.3. The minimum atomic E-state index is -1.82. The molecule has 2 aromatic rings. The quantitative estimate of drug-likeness (QED) is 0.829. The van der Waals surface area contributed by atoms with Crippen molar-refractivity contribution in [3.8, 4) is 5.75 Å². The number of anilines is 2. The molecule has 1 unspecified atom stereocenters. The first-order chi connectivity index (χ1) is 10.9. The van der Waals surface area contributed by atoms with Gasteiger partial charge in [0.05, 0.1) is 11.4 Å². The third kappa shape index (κ3) is 2.73. The summed E-state index contributed by atoms with van der Waals surface area (Å²) in [6, 6.07) is 10.5. The molecule has 3 rings (SSSR count). The lowest BCUT2D eigenvalue weighted by molar-refractivity contribution is -0.143. The molecule has 0 saturated carbocycles. The summed E-state index contributed by atoms with van der Waals surface area (Å²) in [6.45, 7) is 1.32. The number of hydrogen-bond acceptors (Lipinski definition) is 3. The minimum Gasteiger partial charge on any atom is -0.466 e. The van der Waals surface area contributed by atoms with Crippen LogP contribution in [0.25, 0.3) is 0 Å². The maximum atomic E-state index is 13.8. The van der Waals surface area contributed by atoms with E-state index in [0.29, 0.717) is 11.4 Å². The molecule has 5 nitrogen and oxygen atoms in total. The fourth-order valence-electron chi connectivity index (χ4n) is 2.15. The van der Waals surface area contributed by atoms with E-state index < -0.39 is 23.2 Å². The maximum Gasteiger partial charge on any atom is 0.278 e. The molecule has 1 atom stereocenters. The summed E-state index contributed by atoms with van der Waals surface area (Å²) in [5, 5.41) is 5.15. The van der Waals surface area contributed by atoms with E-state index in [1.807, 2.05) is 0 Å². The highest BCUT2D eigenvalue weighted by molar-refractivity contribution is 6.30. The lowest BCUT2D eigenvalue weighted by atomic mass is 10.0. The van der Waals surface area contributed by atoms with Crippen LogP contribution in [0.2, 0.25) is 5.02 Å². The van der Waals surface area contributed by atoms with E-state index in [0.717, 1.165) is 6.07 Å². The zero-order chi connectivity index (χ0) is 16.6. The van der Waals surface area contributed by atoms with Gasteiger partial charge in [0.25, 0.3) is 17.4 Å². The summed E-state index contributed by atoms with van der Waals surface area (Å²) < 4.78 is 19.4. The Kier molecular flexibility index (Phi) is 3.69. The van der Waals surface area contributed by atoms with Crippen LogP contribution in [-0.4, -0.2) is 17.4 Å². The normalized spacial score (nSPS) is 19.3. The van der Waals surface area contributed by atoms with Gasteiger partial charge in [0, 0.05) is 5.02 Å². The molecule has 0 fully saturated rings. The average Bonchev–Trinajstić information content (AvgIpc) is 2.51. The molecule has 0 saturated heterocycles. The fraction of sp³-hybridized carbons (Fsp3) is 0.125. The Labute approximate surface area is 136 Å². The van der Waals surface area contributed by atoms with Crippen LogP contribution in [0.4, 0.5) is 15.8 Å². The molecule has 23 heavy (non-hydrogen) atoms. The van der Waals surface area contributed by atoms with Crippen molar-refractivity contribution < 1.29 is 18.7 Å². The molecule has 0 aliphatic carbocycles. The molecule has 0 aromatic heterocycles. The number of carbonyl (C=O) groups is 2. The van der Waals surface area contributed by atoms with Crippen molar-refractivity contribution in [2.45, 2.75) is 12.5 Å². The van der Waals surface area contributed by atoms with E-state index in [4.69, 9.17) is 16.3 Å². The SMILES string of the molecule is CC1(C(=O)Nc2ccc(Cl)cc2F)Oc2ccccc2NC1=O. The molecule has 1 heterocycles. The molecule has 7 heteroatoms. The molecular weight excluding hydrogens is 323 g/mol. The summed E-state index contributed by atoms with van der Waals surface area (Å²) in [7, 11) is 0. The Hall–Kier alpha value is -2.60. The number of benzene rings is 2. The van der Waals surface area contributed by atoms with E-state index in [-0.39, 0.29) is 10.7 Å². The topological polar surface area (TPSA) is 67.4 Å². The Morgan fingerprint density at radius 1 is 1.30 bits per heavy atom. The standard InChI is InChI=1S/C16H12ClFN2O3/c1-16(14(21)19-11-7-6-9(17)8-10(11)18)15(22)20-12-4-2-3-5-13(12)23-16/h2-8H,1H3,(H,19,21)(H,20,22). The zero-order valence-electron chi connectivity index (χ0n) is 12.0. The molecule has 0 spiro atoms. The van der Waals surface area contributed by atoms with Crippen molar-refractivity contribution in [3.63, 3.8) is 0 Å². The largest absolute Gasteiger partial charge is 0.466 e. The molecule has 1 aliphatic rings. The first-order valence-electron chi connectivity index (χ1n) is 6.76.